The van der Waals surface area contributed by atoms with Crippen LogP contribution in [-0.4, -0.2) is 65.1 Å². The van der Waals surface area contributed by atoms with Crippen molar-refractivity contribution in [3.8, 4) is 0 Å². The lowest BCUT2D eigenvalue weighted by Gasteiger charge is -2.48. The Balaban J connectivity index is 1.50. The molecule has 28 heavy (non-hydrogen) atoms. The Morgan fingerprint density at radius 2 is 2.07 bits per heavy atom. The number of amides is 4. The molecule has 0 bridgehead atoms. The summed E-state index contributed by atoms with van der Waals surface area (Å²) in [5.41, 5.74) is 7.28. The van der Waals surface area contributed by atoms with Crippen LogP contribution in [0.25, 0.3) is 0 Å². The van der Waals surface area contributed by atoms with Crippen LogP contribution in [0.2, 0.25) is 0 Å². The van der Waals surface area contributed by atoms with Crippen molar-refractivity contribution in [1.29, 1.82) is 0 Å². The third-order valence-electron chi connectivity index (χ3n) is 6.01. The molecular weight excluding hydrogens is 362 g/mol. The zero-order valence-corrected chi connectivity index (χ0v) is 15.7. The second kappa shape index (κ2) is 6.68. The molecule has 4 rings (SSSR count). The number of piperidine rings is 1. The molecule has 4 N–H and O–H groups in total. The molecule has 0 aromatic heterocycles. The molecule has 0 aliphatic carbocycles. The van der Waals surface area contributed by atoms with Crippen molar-refractivity contribution >= 4 is 23.6 Å². The maximum atomic E-state index is 12.9. The first-order valence-electron chi connectivity index (χ1n) is 9.31. The number of likely N-dealkylation sites (tertiary alicyclic amines) is 1. The number of nitrogens with zero attached hydrogens (tertiary/aromatic N) is 2. The fourth-order valence-electron chi connectivity index (χ4n) is 4.30. The predicted molar refractivity (Wildman–Crippen MR) is 98.7 cm³/mol. The van der Waals surface area contributed by atoms with E-state index in [1.165, 1.54) is 0 Å². The Hall–Kier alpha value is -2.78. The highest BCUT2D eigenvalue weighted by Gasteiger charge is 2.47. The summed E-state index contributed by atoms with van der Waals surface area (Å²) in [6, 6.07) is 4.94. The summed E-state index contributed by atoms with van der Waals surface area (Å²) < 4.78 is 0. The van der Waals surface area contributed by atoms with E-state index in [9.17, 15) is 19.2 Å². The van der Waals surface area contributed by atoms with Crippen molar-refractivity contribution in [3.63, 3.8) is 0 Å². The van der Waals surface area contributed by atoms with Gasteiger partial charge in [-0.1, -0.05) is 12.1 Å². The van der Waals surface area contributed by atoms with Gasteiger partial charge in [-0.25, -0.2) is 0 Å². The van der Waals surface area contributed by atoms with Gasteiger partial charge in [-0.2, -0.15) is 0 Å². The van der Waals surface area contributed by atoms with E-state index in [-0.39, 0.29) is 24.1 Å². The summed E-state index contributed by atoms with van der Waals surface area (Å²) in [6.45, 7) is 1.95. The molecule has 9 heteroatoms. The monoisotopic (exact) mass is 385 g/mol. The van der Waals surface area contributed by atoms with E-state index in [0.717, 1.165) is 11.1 Å². The Labute approximate surface area is 162 Å². The molecule has 3 heterocycles. The number of imide groups is 1. The quantitative estimate of drug-likeness (QED) is 0.542. The Bertz CT molecular complexity index is 877. The van der Waals surface area contributed by atoms with Crippen molar-refractivity contribution < 1.29 is 19.2 Å². The zero-order valence-electron chi connectivity index (χ0n) is 15.7. The van der Waals surface area contributed by atoms with Crippen molar-refractivity contribution in [2.75, 3.05) is 20.1 Å². The van der Waals surface area contributed by atoms with Gasteiger partial charge in [0.1, 0.15) is 11.6 Å². The Morgan fingerprint density at radius 1 is 1.32 bits per heavy atom. The predicted octanol–water partition coefficient (Wildman–Crippen LogP) is -1.29. The lowest BCUT2D eigenvalue weighted by molar-refractivity contribution is -0.137. The van der Waals surface area contributed by atoms with Crippen LogP contribution in [0.1, 0.15) is 34.3 Å². The number of hydrogen-bond donors (Lipinski definition) is 3. The summed E-state index contributed by atoms with van der Waals surface area (Å²) in [6.07, 6.45) is 0.575. The number of carbonyl (C=O) groups excluding carboxylic acids is 4. The van der Waals surface area contributed by atoms with Gasteiger partial charge in [-0.15, -0.1) is 0 Å². The van der Waals surface area contributed by atoms with Gasteiger partial charge in [-0.05, 0) is 30.7 Å². The molecule has 1 aromatic carbocycles. The molecule has 0 radical (unpaired) electrons. The summed E-state index contributed by atoms with van der Waals surface area (Å²) in [5.74, 6) is -1.27. The SMILES string of the molecule is CNC1(C(N)=O)CN(Cc2cccc3c2CN(C2CCC(=O)NC2=O)C3=O)C1. The molecule has 148 valence electrons. The third kappa shape index (κ3) is 2.87. The Morgan fingerprint density at radius 3 is 2.71 bits per heavy atom. The van der Waals surface area contributed by atoms with E-state index in [2.05, 4.69) is 15.5 Å². The normalized spacial score (nSPS) is 24.0. The number of nitrogens with one attached hydrogen (secondary N) is 2. The average Bonchev–Trinajstić information content (AvgIpc) is 2.95. The number of likely N-dealkylation sites (N-methyl/N-ethyl adjacent to an activating group) is 1. The Kier molecular flexibility index (Phi) is 4.43. The molecule has 1 unspecified atom stereocenters. The van der Waals surface area contributed by atoms with Gasteiger partial charge in [0, 0.05) is 38.2 Å². The van der Waals surface area contributed by atoms with Crippen LogP contribution in [0.3, 0.4) is 0 Å². The van der Waals surface area contributed by atoms with Crippen molar-refractivity contribution in [2.45, 2.75) is 37.5 Å². The molecular formula is C19H23N5O4. The van der Waals surface area contributed by atoms with Crippen LogP contribution in [0.4, 0.5) is 0 Å². The fraction of sp³-hybridized carbons (Fsp3) is 0.474. The van der Waals surface area contributed by atoms with Crippen LogP contribution < -0.4 is 16.4 Å². The molecule has 3 aliphatic rings. The van der Waals surface area contributed by atoms with E-state index in [1.54, 1.807) is 18.0 Å². The molecule has 4 amide bonds. The third-order valence-corrected chi connectivity index (χ3v) is 6.01. The maximum Gasteiger partial charge on any atom is 0.255 e. The lowest BCUT2D eigenvalue weighted by Crippen LogP contribution is -2.73. The van der Waals surface area contributed by atoms with Gasteiger partial charge in [0.15, 0.2) is 0 Å². The summed E-state index contributed by atoms with van der Waals surface area (Å²) in [7, 11) is 1.72. The highest BCUT2D eigenvalue weighted by atomic mass is 16.2. The van der Waals surface area contributed by atoms with Crippen molar-refractivity contribution in [1.82, 2.24) is 20.4 Å². The molecule has 1 aromatic rings. The van der Waals surface area contributed by atoms with E-state index < -0.39 is 17.5 Å². The van der Waals surface area contributed by atoms with E-state index in [0.29, 0.717) is 38.2 Å². The second-order valence-corrected chi connectivity index (χ2v) is 7.68. The van der Waals surface area contributed by atoms with Gasteiger partial charge in [0.25, 0.3) is 5.91 Å². The van der Waals surface area contributed by atoms with E-state index in [4.69, 9.17) is 5.73 Å². The maximum absolute atomic E-state index is 12.9. The highest BCUT2D eigenvalue weighted by Crippen LogP contribution is 2.32. The van der Waals surface area contributed by atoms with Gasteiger partial charge in [-0.3, -0.25) is 29.4 Å². The van der Waals surface area contributed by atoms with E-state index in [1.807, 2.05) is 12.1 Å². The molecule has 2 saturated heterocycles. The number of carbonyl (C=O) groups is 4. The average molecular weight is 385 g/mol. The van der Waals surface area contributed by atoms with Crippen molar-refractivity contribution in [3.05, 3.63) is 34.9 Å². The smallest absolute Gasteiger partial charge is 0.255 e. The highest BCUT2D eigenvalue weighted by molar-refractivity contribution is 6.05. The van der Waals surface area contributed by atoms with Gasteiger partial charge < -0.3 is 16.0 Å². The number of benzene rings is 1. The second-order valence-electron chi connectivity index (χ2n) is 7.68. The number of fused-ring (bicyclic) bond motifs is 1. The largest absolute Gasteiger partial charge is 0.368 e. The van der Waals surface area contributed by atoms with Crippen LogP contribution in [0.5, 0.6) is 0 Å². The number of primary amides is 1. The summed E-state index contributed by atoms with van der Waals surface area (Å²) in [5, 5.41) is 5.31. The van der Waals surface area contributed by atoms with Gasteiger partial charge >= 0.3 is 0 Å². The molecule has 2 fully saturated rings. The standard InChI is InChI=1S/C19H23N5O4/c1-21-19(18(20)28)9-23(10-19)7-11-3-2-4-12-13(11)8-24(17(12)27)14-5-6-15(25)22-16(14)26/h2-4,14,21H,5-10H2,1H3,(H2,20,28)(H,22,25,26). The first-order valence-corrected chi connectivity index (χ1v) is 9.31. The van der Waals surface area contributed by atoms with Crippen LogP contribution >= 0.6 is 0 Å². The molecule has 3 aliphatic heterocycles. The lowest BCUT2D eigenvalue weighted by atomic mass is 9.88. The van der Waals surface area contributed by atoms with E-state index >= 15 is 0 Å². The van der Waals surface area contributed by atoms with Crippen LogP contribution in [0.15, 0.2) is 18.2 Å². The topological polar surface area (TPSA) is 125 Å². The minimum Gasteiger partial charge on any atom is -0.368 e. The van der Waals surface area contributed by atoms with Crippen LogP contribution in [-0.2, 0) is 27.5 Å². The molecule has 1 atom stereocenters. The molecule has 0 spiro atoms. The number of hydrogen-bond acceptors (Lipinski definition) is 6. The fourth-order valence-corrected chi connectivity index (χ4v) is 4.30. The molecule has 0 saturated carbocycles. The first kappa shape index (κ1) is 18.6. The van der Waals surface area contributed by atoms with Crippen LogP contribution in [0, 0.1) is 0 Å². The first-order chi connectivity index (χ1) is 13.3. The van der Waals surface area contributed by atoms with Gasteiger partial charge in [0.05, 0.1) is 0 Å². The number of rotatable bonds is 5. The summed E-state index contributed by atoms with van der Waals surface area (Å²) >= 11 is 0. The molecule has 9 nitrogen and oxygen atoms in total. The minimum atomic E-state index is -0.702. The summed E-state index contributed by atoms with van der Waals surface area (Å²) in [4.78, 5) is 51.7. The number of nitrogens with two attached hydrogens (primary N) is 1. The minimum absolute atomic E-state index is 0.184. The van der Waals surface area contributed by atoms with Gasteiger partial charge in [0.2, 0.25) is 17.7 Å². The van der Waals surface area contributed by atoms with Crippen molar-refractivity contribution in [2.24, 2.45) is 5.73 Å². The zero-order chi connectivity index (χ0) is 20.1.